The summed E-state index contributed by atoms with van der Waals surface area (Å²) >= 11 is 6.80. The van der Waals surface area contributed by atoms with Crippen molar-refractivity contribution in [2.24, 2.45) is 0 Å². The Morgan fingerprint density at radius 2 is 1.84 bits per heavy atom. The van der Waals surface area contributed by atoms with E-state index in [1.807, 2.05) is 48.5 Å². The number of anilines is 1. The van der Waals surface area contributed by atoms with E-state index in [9.17, 15) is 9.59 Å². The molecule has 0 radical (unpaired) electrons. The standard InChI is InChI=1S/C33H31N5O5S2/c34-29-24-3-1-2-4-26(24)35-30(36-29)25-19-22(7-10-27(25)43-18-15-37-13-16-42-17-14-37)20-28-31(39)38(33(44)45-28)12-11-21-5-8-23(9-6-21)32(40)41/h1-10,19-20H,11-18H2,(H,40,41)(H2,34,35,36)/b28-20-. The van der Waals surface area contributed by atoms with Crippen molar-refractivity contribution in [1.29, 1.82) is 0 Å². The van der Waals surface area contributed by atoms with Crippen molar-refractivity contribution in [3.8, 4) is 17.1 Å². The fourth-order valence-corrected chi connectivity index (χ4v) is 6.48. The van der Waals surface area contributed by atoms with Crippen molar-refractivity contribution in [2.45, 2.75) is 6.42 Å². The van der Waals surface area contributed by atoms with Crippen LogP contribution in [0.25, 0.3) is 28.4 Å². The van der Waals surface area contributed by atoms with Gasteiger partial charge in [-0.1, -0.05) is 54.3 Å². The summed E-state index contributed by atoms with van der Waals surface area (Å²) in [5.74, 6) is 0.278. The molecule has 10 nitrogen and oxygen atoms in total. The number of nitrogens with zero attached hydrogens (tertiary/aromatic N) is 4. The van der Waals surface area contributed by atoms with Crippen molar-refractivity contribution in [3.05, 3.63) is 88.3 Å². The lowest BCUT2D eigenvalue weighted by molar-refractivity contribution is -0.122. The number of hydrogen-bond donors (Lipinski definition) is 2. The summed E-state index contributed by atoms with van der Waals surface area (Å²) in [5.41, 5.74) is 9.64. The number of carboxylic acid groups (broad SMARTS) is 1. The Hall–Kier alpha value is -4.36. The van der Waals surface area contributed by atoms with Gasteiger partial charge in [-0.15, -0.1) is 0 Å². The monoisotopic (exact) mass is 641 g/mol. The third kappa shape index (κ3) is 7.15. The number of thiocarbonyl (C=S) groups is 1. The second kappa shape index (κ2) is 13.7. The summed E-state index contributed by atoms with van der Waals surface area (Å²) in [5, 5.41) is 9.90. The maximum Gasteiger partial charge on any atom is 0.335 e. The van der Waals surface area contributed by atoms with E-state index in [0.717, 1.165) is 54.9 Å². The summed E-state index contributed by atoms with van der Waals surface area (Å²) in [6.07, 6.45) is 2.35. The Labute approximate surface area is 269 Å². The van der Waals surface area contributed by atoms with Crippen LogP contribution in [-0.4, -0.2) is 87.1 Å². The maximum absolute atomic E-state index is 13.4. The zero-order chi connectivity index (χ0) is 31.3. The molecule has 2 fully saturated rings. The number of thioether (sulfide) groups is 1. The molecule has 45 heavy (non-hydrogen) atoms. The molecule has 4 aromatic rings. The Morgan fingerprint density at radius 3 is 2.62 bits per heavy atom. The first-order valence-electron chi connectivity index (χ1n) is 14.5. The molecular weight excluding hydrogens is 611 g/mol. The lowest BCUT2D eigenvalue weighted by atomic mass is 10.1. The van der Waals surface area contributed by atoms with Crippen LogP contribution in [0.1, 0.15) is 21.5 Å². The van der Waals surface area contributed by atoms with Gasteiger partial charge in [-0.05, 0) is 60.0 Å². The Bertz CT molecular complexity index is 1790. The molecule has 6 rings (SSSR count). The van der Waals surface area contributed by atoms with Crippen LogP contribution in [0.3, 0.4) is 0 Å². The summed E-state index contributed by atoms with van der Waals surface area (Å²) in [6, 6.07) is 19.9. The van der Waals surface area contributed by atoms with E-state index in [4.69, 9.17) is 37.5 Å². The molecular formula is C33H31N5O5S2. The lowest BCUT2D eigenvalue weighted by Crippen LogP contribution is -2.38. The zero-order valence-electron chi connectivity index (χ0n) is 24.3. The van der Waals surface area contributed by atoms with Gasteiger partial charge in [0.2, 0.25) is 0 Å². The van der Waals surface area contributed by atoms with Gasteiger partial charge in [-0.2, -0.15) is 0 Å². The quantitative estimate of drug-likeness (QED) is 0.184. The van der Waals surface area contributed by atoms with Crippen molar-refractivity contribution in [3.63, 3.8) is 0 Å². The summed E-state index contributed by atoms with van der Waals surface area (Å²) in [6.45, 7) is 4.81. The number of nitrogens with two attached hydrogens (primary N) is 1. The zero-order valence-corrected chi connectivity index (χ0v) is 26.0. The summed E-state index contributed by atoms with van der Waals surface area (Å²) in [7, 11) is 0. The number of morpholine rings is 1. The average Bonchev–Trinajstić information content (AvgIpc) is 3.32. The molecule has 1 aromatic heterocycles. The number of rotatable bonds is 10. The molecule has 0 saturated carbocycles. The predicted molar refractivity (Wildman–Crippen MR) is 179 cm³/mol. The third-order valence-corrected chi connectivity index (χ3v) is 9.02. The van der Waals surface area contributed by atoms with Gasteiger partial charge in [0.1, 0.15) is 22.5 Å². The number of benzene rings is 3. The SMILES string of the molecule is Nc1nc(-c2cc(/C=C3\SC(=S)N(CCc4ccc(C(=O)O)cc4)C3=O)ccc2OCCN2CCOCC2)nc2ccccc12. The largest absolute Gasteiger partial charge is 0.491 e. The topological polar surface area (TPSA) is 131 Å². The number of hydrogen-bond acceptors (Lipinski definition) is 10. The lowest BCUT2D eigenvalue weighted by Gasteiger charge is -2.26. The number of carbonyl (C=O) groups is 2. The van der Waals surface area contributed by atoms with Crippen LogP contribution >= 0.6 is 24.0 Å². The van der Waals surface area contributed by atoms with Gasteiger partial charge in [0, 0.05) is 31.6 Å². The van der Waals surface area contributed by atoms with Gasteiger partial charge in [0.15, 0.2) is 5.82 Å². The molecule has 3 N–H and O–H groups in total. The first kappa shape index (κ1) is 30.7. The molecule has 0 aliphatic carbocycles. The highest BCUT2D eigenvalue weighted by molar-refractivity contribution is 8.26. The molecule has 2 aliphatic heterocycles. The van der Waals surface area contributed by atoms with Gasteiger partial charge >= 0.3 is 5.97 Å². The van der Waals surface area contributed by atoms with Crippen molar-refractivity contribution < 1.29 is 24.2 Å². The van der Waals surface area contributed by atoms with Crippen LogP contribution in [0.2, 0.25) is 0 Å². The molecule has 2 saturated heterocycles. The molecule has 0 bridgehead atoms. The highest BCUT2D eigenvalue weighted by Crippen LogP contribution is 2.36. The number of carbonyl (C=O) groups excluding carboxylic acids is 1. The fourth-order valence-electron chi connectivity index (χ4n) is 5.17. The van der Waals surface area contributed by atoms with E-state index in [-0.39, 0.29) is 11.5 Å². The smallest absolute Gasteiger partial charge is 0.335 e. The minimum atomic E-state index is -0.977. The van der Waals surface area contributed by atoms with Crippen molar-refractivity contribution in [2.75, 3.05) is 51.7 Å². The average molecular weight is 642 g/mol. The van der Waals surface area contributed by atoms with Crippen molar-refractivity contribution in [1.82, 2.24) is 19.8 Å². The van der Waals surface area contributed by atoms with E-state index < -0.39 is 5.97 Å². The normalized spacial score (nSPS) is 16.5. The van der Waals surface area contributed by atoms with Gasteiger partial charge in [0.05, 0.1) is 34.8 Å². The minimum Gasteiger partial charge on any atom is -0.491 e. The van der Waals surface area contributed by atoms with E-state index >= 15 is 0 Å². The van der Waals surface area contributed by atoms with Gasteiger partial charge in [-0.25, -0.2) is 14.8 Å². The number of amides is 1. The molecule has 0 atom stereocenters. The number of aromatic nitrogens is 2. The number of fused-ring (bicyclic) bond motifs is 1. The Morgan fingerprint density at radius 1 is 1.07 bits per heavy atom. The Balaban J connectivity index is 1.24. The van der Waals surface area contributed by atoms with Crippen LogP contribution in [-0.2, 0) is 16.0 Å². The van der Waals surface area contributed by atoms with Crippen LogP contribution in [0.5, 0.6) is 5.75 Å². The molecule has 3 heterocycles. The second-order valence-electron chi connectivity index (χ2n) is 10.6. The van der Waals surface area contributed by atoms with Crippen LogP contribution in [0.15, 0.2) is 71.6 Å². The molecule has 3 aromatic carbocycles. The molecule has 2 aliphatic rings. The molecule has 230 valence electrons. The van der Waals surface area contributed by atoms with Gasteiger partial charge < -0.3 is 20.3 Å². The maximum atomic E-state index is 13.4. The van der Waals surface area contributed by atoms with Crippen LogP contribution < -0.4 is 10.5 Å². The number of carboxylic acids is 1. The van der Waals surface area contributed by atoms with E-state index in [1.54, 1.807) is 29.2 Å². The number of aromatic carboxylic acids is 1. The minimum absolute atomic E-state index is 0.175. The van der Waals surface area contributed by atoms with E-state index in [0.29, 0.717) is 51.8 Å². The van der Waals surface area contributed by atoms with E-state index in [2.05, 4.69) is 9.88 Å². The number of nitrogen functional groups attached to an aromatic ring is 1. The highest BCUT2D eigenvalue weighted by Gasteiger charge is 2.31. The number of para-hydroxylation sites is 1. The molecule has 1 amide bonds. The molecule has 0 unspecified atom stereocenters. The second-order valence-corrected chi connectivity index (χ2v) is 12.3. The number of ether oxygens (including phenoxy) is 2. The fraction of sp³-hybridized carbons (Fsp3) is 0.242. The first-order valence-corrected chi connectivity index (χ1v) is 15.8. The molecule has 0 spiro atoms. The highest BCUT2D eigenvalue weighted by atomic mass is 32.2. The predicted octanol–water partition coefficient (Wildman–Crippen LogP) is 4.73. The van der Waals surface area contributed by atoms with E-state index in [1.165, 1.54) is 11.8 Å². The van der Waals surface area contributed by atoms with Crippen molar-refractivity contribution >= 4 is 63.0 Å². The molecule has 12 heteroatoms. The Kier molecular flexibility index (Phi) is 9.36. The first-order chi connectivity index (χ1) is 21.9. The van der Waals surface area contributed by atoms with Gasteiger partial charge in [0.25, 0.3) is 5.91 Å². The van der Waals surface area contributed by atoms with Crippen LogP contribution in [0, 0.1) is 0 Å². The summed E-state index contributed by atoms with van der Waals surface area (Å²) < 4.78 is 12.2. The van der Waals surface area contributed by atoms with Crippen LogP contribution in [0.4, 0.5) is 5.82 Å². The third-order valence-electron chi connectivity index (χ3n) is 7.64. The summed E-state index contributed by atoms with van der Waals surface area (Å²) in [4.78, 5) is 38.3. The van der Waals surface area contributed by atoms with Gasteiger partial charge in [-0.3, -0.25) is 14.6 Å².